The van der Waals surface area contributed by atoms with E-state index >= 15 is 0 Å². The molecule has 0 aliphatic rings. The van der Waals surface area contributed by atoms with Gasteiger partial charge in [0.05, 0.1) is 6.04 Å². The van der Waals surface area contributed by atoms with Crippen LogP contribution in [0.5, 0.6) is 0 Å². The molecule has 2 aromatic rings. The number of rotatable bonds is 4. The van der Waals surface area contributed by atoms with E-state index in [1.165, 1.54) is 0 Å². The highest BCUT2D eigenvalue weighted by molar-refractivity contribution is 5.95. The molecule has 1 unspecified atom stereocenters. The lowest BCUT2D eigenvalue weighted by atomic mass is 10.1. The number of nitrogens with one attached hydrogen (secondary N) is 2. The largest absolute Gasteiger partial charge is 0.378 e. The summed E-state index contributed by atoms with van der Waals surface area (Å²) in [7, 11) is 1.63. The van der Waals surface area contributed by atoms with E-state index in [1.54, 1.807) is 13.2 Å². The normalized spacial score (nSPS) is 11.8. The van der Waals surface area contributed by atoms with E-state index in [1.807, 2.05) is 43.5 Å². The molecular formula is C16H19N3O. The second-order valence-corrected chi connectivity index (χ2v) is 4.76. The number of carbonyl (C=O) groups is 1. The average Bonchev–Trinajstić information content (AvgIpc) is 2.49. The summed E-state index contributed by atoms with van der Waals surface area (Å²) in [6.07, 6.45) is 3.60. The number of benzene rings is 1. The van der Waals surface area contributed by atoms with Crippen molar-refractivity contribution in [2.24, 2.45) is 0 Å². The third kappa shape index (κ3) is 3.15. The standard InChI is InChI=1S/C16H19N3O/c1-11-6-7-13(16(20)17-3)9-15(11)19-12(2)14-5-4-8-18-10-14/h4-10,12,19H,1-3H3,(H,17,20). The van der Waals surface area contributed by atoms with Crippen LogP contribution in [0.15, 0.2) is 42.7 Å². The summed E-state index contributed by atoms with van der Waals surface area (Å²) in [6.45, 7) is 4.09. The van der Waals surface area contributed by atoms with Gasteiger partial charge in [-0.15, -0.1) is 0 Å². The fourth-order valence-electron chi connectivity index (χ4n) is 2.01. The van der Waals surface area contributed by atoms with Crippen LogP contribution in [0.4, 0.5) is 5.69 Å². The minimum atomic E-state index is -0.0814. The Morgan fingerprint density at radius 3 is 2.75 bits per heavy atom. The Bertz CT molecular complexity index is 596. The van der Waals surface area contributed by atoms with Gasteiger partial charge in [-0.2, -0.15) is 0 Å². The summed E-state index contributed by atoms with van der Waals surface area (Å²) in [6, 6.07) is 9.73. The first-order valence-corrected chi connectivity index (χ1v) is 6.61. The second kappa shape index (κ2) is 6.19. The SMILES string of the molecule is CNC(=O)c1ccc(C)c(NC(C)c2cccnc2)c1. The van der Waals surface area contributed by atoms with Crippen LogP contribution < -0.4 is 10.6 Å². The predicted octanol–water partition coefficient (Wildman–Crippen LogP) is 2.92. The Labute approximate surface area is 119 Å². The molecule has 0 aliphatic heterocycles. The lowest BCUT2D eigenvalue weighted by Crippen LogP contribution is -2.18. The Balaban J connectivity index is 2.22. The summed E-state index contributed by atoms with van der Waals surface area (Å²) in [5.74, 6) is -0.0814. The van der Waals surface area contributed by atoms with Gasteiger partial charge in [0.2, 0.25) is 0 Å². The molecule has 2 N–H and O–H groups in total. The number of aromatic nitrogens is 1. The van der Waals surface area contributed by atoms with E-state index in [0.717, 1.165) is 16.8 Å². The molecule has 0 bridgehead atoms. The predicted molar refractivity (Wildman–Crippen MR) is 80.8 cm³/mol. The van der Waals surface area contributed by atoms with Gasteiger partial charge in [-0.3, -0.25) is 9.78 Å². The molecule has 4 nitrogen and oxygen atoms in total. The van der Waals surface area contributed by atoms with Crippen LogP contribution in [-0.4, -0.2) is 17.9 Å². The number of hydrogen-bond acceptors (Lipinski definition) is 3. The number of hydrogen-bond donors (Lipinski definition) is 2. The van der Waals surface area contributed by atoms with Crippen LogP contribution in [0.2, 0.25) is 0 Å². The molecule has 0 spiro atoms. The molecule has 20 heavy (non-hydrogen) atoms. The van der Waals surface area contributed by atoms with Crippen molar-refractivity contribution in [1.82, 2.24) is 10.3 Å². The van der Waals surface area contributed by atoms with Gasteiger partial charge in [-0.25, -0.2) is 0 Å². The zero-order valence-electron chi connectivity index (χ0n) is 12.0. The van der Waals surface area contributed by atoms with Gasteiger partial charge in [0.15, 0.2) is 0 Å². The zero-order valence-corrected chi connectivity index (χ0v) is 12.0. The highest BCUT2D eigenvalue weighted by Gasteiger charge is 2.10. The van der Waals surface area contributed by atoms with Crippen molar-refractivity contribution in [2.45, 2.75) is 19.9 Å². The van der Waals surface area contributed by atoms with Crippen molar-refractivity contribution in [1.29, 1.82) is 0 Å². The molecule has 1 atom stereocenters. The van der Waals surface area contributed by atoms with Gasteiger partial charge in [-0.1, -0.05) is 12.1 Å². The maximum Gasteiger partial charge on any atom is 0.251 e. The van der Waals surface area contributed by atoms with Crippen LogP contribution in [0.1, 0.15) is 34.5 Å². The molecule has 4 heteroatoms. The van der Waals surface area contributed by atoms with E-state index in [2.05, 4.69) is 22.5 Å². The van der Waals surface area contributed by atoms with Gasteiger partial charge < -0.3 is 10.6 Å². The first-order valence-electron chi connectivity index (χ1n) is 6.61. The molecular weight excluding hydrogens is 250 g/mol. The lowest BCUT2D eigenvalue weighted by Gasteiger charge is -2.17. The molecule has 0 saturated carbocycles. The van der Waals surface area contributed by atoms with Gasteiger partial charge >= 0.3 is 0 Å². The fraction of sp³-hybridized carbons (Fsp3) is 0.250. The molecule has 104 valence electrons. The number of carbonyl (C=O) groups excluding carboxylic acids is 1. The fourth-order valence-corrected chi connectivity index (χ4v) is 2.01. The topological polar surface area (TPSA) is 54.0 Å². The summed E-state index contributed by atoms with van der Waals surface area (Å²) >= 11 is 0. The Hall–Kier alpha value is -2.36. The second-order valence-electron chi connectivity index (χ2n) is 4.76. The number of nitrogens with zero attached hydrogens (tertiary/aromatic N) is 1. The van der Waals surface area contributed by atoms with E-state index < -0.39 is 0 Å². The lowest BCUT2D eigenvalue weighted by molar-refractivity contribution is 0.0963. The zero-order chi connectivity index (χ0) is 14.5. The number of pyridine rings is 1. The first-order chi connectivity index (χ1) is 9.61. The molecule has 0 radical (unpaired) electrons. The van der Waals surface area contributed by atoms with Crippen molar-refractivity contribution in [3.8, 4) is 0 Å². The van der Waals surface area contributed by atoms with Crippen molar-refractivity contribution in [2.75, 3.05) is 12.4 Å². The maximum absolute atomic E-state index is 11.7. The van der Waals surface area contributed by atoms with Crippen LogP contribution in [-0.2, 0) is 0 Å². The molecule has 0 saturated heterocycles. The number of aryl methyl sites for hydroxylation is 1. The van der Waals surface area contributed by atoms with E-state index in [-0.39, 0.29) is 11.9 Å². The van der Waals surface area contributed by atoms with Crippen LogP contribution in [0.3, 0.4) is 0 Å². The summed E-state index contributed by atoms with van der Waals surface area (Å²) in [4.78, 5) is 15.8. The molecule has 1 aromatic carbocycles. The quantitative estimate of drug-likeness (QED) is 0.897. The molecule has 2 rings (SSSR count). The van der Waals surface area contributed by atoms with Crippen LogP contribution in [0, 0.1) is 6.92 Å². The maximum atomic E-state index is 11.7. The summed E-state index contributed by atoms with van der Waals surface area (Å²) in [5, 5.41) is 6.06. The van der Waals surface area contributed by atoms with Crippen LogP contribution in [0.25, 0.3) is 0 Å². The van der Waals surface area contributed by atoms with Gasteiger partial charge in [0.25, 0.3) is 5.91 Å². The highest BCUT2D eigenvalue weighted by Crippen LogP contribution is 2.23. The Morgan fingerprint density at radius 1 is 1.30 bits per heavy atom. The minimum Gasteiger partial charge on any atom is -0.378 e. The van der Waals surface area contributed by atoms with E-state index in [9.17, 15) is 4.79 Å². The van der Waals surface area contributed by atoms with Crippen molar-refractivity contribution in [3.63, 3.8) is 0 Å². The third-order valence-corrected chi connectivity index (χ3v) is 3.28. The molecule has 1 heterocycles. The van der Waals surface area contributed by atoms with Crippen LogP contribution >= 0.6 is 0 Å². The van der Waals surface area contributed by atoms with Crippen molar-refractivity contribution >= 4 is 11.6 Å². The monoisotopic (exact) mass is 269 g/mol. The molecule has 0 aliphatic carbocycles. The Kier molecular flexibility index (Phi) is 4.35. The van der Waals surface area contributed by atoms with Crippen molar-refractivity contribution < 1.29 is 4.79 Å². The smallest absolute Gasteiger partial charge is 0.251 e. The number of amides is 1. The molecule has 1 amide bonds. The van der Waals surface area contributed by atoms with Crippen molar-refractivity contribution in [3.05, 3.63) is 59.4 Å². The molecule has 1 aromatic heterocycles. The minimum absolute atomic E-state index is 0.0814. The Morgan fingerprint density at radius 2 is 2.10 bits per heavy atom. The first kappa shape index (κ1) is 14.1. The van der Waals surface area contributed by atoms with E-state index in [4.69, 9.17) is 0 Å². The number of anilines is 1. The van der Waals surface area contributed by atoms with Gasteiger partial charge in [-0.05, 0) is 43.2 Å². The molecule has 0 fully saturated rings. The van der Waals surface area contributed by atoms with Gasteiger partial charge in [0.1, 0.15) is 0 Å². The van der Waals surface area contributed by atoms with E-state index in [0.29, 0.717) is 5.56 Å². The highest BCUT2D eigenvalue weighted by atomic mass is 16.1. The van der Waals surface area contributed by atoms with Gasteiger partial charge in [0, 0.05) is 30.7 Å². The summed E-state index contributed by atoms with van der Waals surface area (Å²) < 4.78 is 0. The summed E-state index contributed by atoms with van der Waals surface area (Å²) in [5.41, 5.74) is 3.83. The third-order valence-electron chi connectivity index (χ3n) is 3.28. The average molecular weight is 269 g/mol.